The summed E-state index contributed by atoms with van der Waals surface area (Å²) in [6, 6.07) is 6.44. The zero-order valence-electron chi connectivity index (χ0n) is 18.6. The van der Waals surface area contributed by atoms with Crippen LogP contribution in [0.4, 0.5) is 11.5 Å². The van der Waals surface area contributed by atoms with E-state index in [1.54, 1.807) is 0 Å². The van der Waals surface area contributed by atoms with E-state index in [1.165, 1.54) is 11.1 Å². The summed E-state index contributed by atoms with van der Waals surface area (Å²) in [6.07, 6.45) is 4.51. The fraction of sp³-hybridized carbons (Fsp3) is 0.542. The van der Waals surface area contributed by atoms with Crippen LogP contribution in [0, 0.1) is 11.3 Å². The molecule has 2 atom stereocenters. The molecular weight excluding hydrogens is 358 g/mol. The van der Waals surface area contributed by atoms with E-state index in [0.717, 1.165) is 55.0 Å². The first kappa shape index (κ1) is 21.1. The Bertz CT molecular complexity index is 957. The van der Waals surface area contributed by atoms with Crippen molar-refractivity contribution in [2.24, 2.45) is 0 Å². The average molecular weight is 392 g/mol. The summed E-state index contributed by atoms with van der Waals surface area (Å²) in [4.78, 5) is 11.8. The van der Waals surface area contributed by atoms with Crippen molar-refractivity contribution in [3.05, 3.63) is 45.9 Å². The number of aryl methyl sites for hydroxylation is 1. The number of fused-ring (bicyclic) bond motifs is 1. The highest BCUT2D eigenvalue weighted by molar-refractivity contribution is 5.64. The maximum Gasteiger partial charge on any atom is 0.135 e. The molecule has 1 aliphatic rings. The van der Waals surface area contributed by atoms with Crippen molar-refractivity contribution in [2.75, 3.05) is 24.7 Å². The standard InChI is InChI=1S/C24H33N5/c1-7-15(3)16-9-10-19(26)18(14-25)22(16)24(4)12-11-17-20(13-24)27-21(8-2)28-23(17)29(5)6/h9-10,15H,7-8,11-13,26H2,1-6H3. The van der Waals surface area contributed by atoms with Crippen LogP contribution < -0.4 is 10.6 Å². The molecule has 1 aliphatic carbocycles. The summed E-state index contributed by atoms with van der Waals surface area (Å²) in [7, 11) is 4.09. The van der Waals surface area contributed by atoms with E-state index in [0.29, 0.717) is 17.2 Å². The highest BCUT2D eigenvalue weighted by Gasteiger charge is 2.38. The number of aromatic nitrogens is 2. The fourth-order valence-electron chi connectivity index (χ4n) is 4.61. The molecule has 2 aromatic rings. The van der Waals surface area contributed by atoms with E-state index >= 15 is 0 Å². The van der Waals surface area contributed by atoms with Gasteiger partial charge in [-0.1, -0.05) is 33.8 Å². The minimum absolute atomic E-state index is 0.171. The van der Waals surface area contributed by atoms with Gasteiger partial charge in [0, 0.05) is 37.2 Å². The van der Waals surface area contributed by atoms with Crippen LogP contribution in [-0.4, -0.2) is 24.1 Å². The molecule has 29 heavy (non-hydrogen) atoms. The van der Waals surface area contributed by atoms with E-state index in [4.69, 9.17) is 15.7 Å². The number of nitriles is 1. The molecule has 0 amide bonds. The van der Waals surface area contributed by atoms with E-state index in [2.05, 4.69) is 44.7 Å². The molecule has 0 spiro atoms. The number of hydrogen-bond donors (Lipinski definition) is 1. The molecule has 0 bridgehead atoms. The van der Waals surface area contributed by atoms with Gasteiger partial charge in [0.25, 0.3) is 0 Å². The highest BCUT2D eigenvalue weighted by atomic mass is 15.2. The number of nitrogens with zero attached hydrogens (tertiary/aromatic N) is 4. The van der Waals surface area contributed by atoms with Gasteiger partial charge in [-0.05, 0) is 48.8 Å². The lowest BCUT2D eigenvalue weighted by atomic mass is 9.66. The second-order valence-electron chi connectivity index (χ2n) is 8.79. The van der Waals surface area contributed by atoms with Crippen molar-refractivity contribution in [1.29, 1.82) is 5.26 Å². The van der Waals surface area contributed by atoms with Crippen molar-refractivity contribution in [2.45, 2.75) is 71.1 Å². The van der Waals surface area contributed by atoms with Gasteiger partial charge < -0.3 is 10.6 Å². The molecule has 5 heteroatoms. The maximum atomic E-state index is 9.96. The smallest absolute Gasteiger partial charge is 0.135 e. The molecule has 0 fully saturated rings. The van der Waals surface area contributed by atoms with Crippen LogP contribution >= 0.6 is 0 Å². The largest absolute Gasteiger partial charge is 0.398 e. The molecule has 1 aromatic heterocycles. The molecule has 0 saturated carbocycles. The molecule has 3 rings (SSSR count). The van der Waals surface area contributed by atoms with E-state index < -0.39 is 0 Å². The van der Waals surface area contributed by atoms with Gasteiger partial charge in [-0.15, -0.1) is 0 Å². The Morgan fingerprint density at radius 1 is 1.28 bits per heavy atom. The SMILES string of the molecule is CCc1nc2c(c(N(C)C)n1)CCC(C)(c1c(C(C)CC)ccc(N)c1C#N)C2. The van der Waals surface area contributed by atoms with Crippen LogP contribution in [0.5, 0.6) is 0 Å². The van der Waals surface area contributed by atoms with Gasteiger partial charge in [0.15, 0.2) is 0 Å². The number of anilines is 2. The number of nitrogen functional groups attached to an aromatic ring is 1. The third-order valence-corrected chi connectivity index (χ3v) is 6.47. The Labute approximate surface area is 175 Å². The maximum absolute atomic E-state index is 9.96. The Kier molecular flexibility index (Phi) is 5.84. The lowest BCUT2D eigenvalue weighted by Crippen LogP contribution is -2.35. The molecule has 1 aromatic carbocycles. The fourth-order valence-corrected chi connectivity index (χ4v) is 4.61. The van der Waals surface area contributed by atoms with Crippen LogP contribution in [0.25, 0.3) is 0 Å². The average Bonchev–Trinajstić information content (AvgIpc) is 2.71. The molecule has 1 heterocycles. The first-order valence-corrected chi connectivity index (χ1v) is 10.6. The van der Waals surface area contributed by atoms with Crippen molar-refractivity contribution in [1.82, 2.24) is 9.97 Å². The second kappa shape index (κ2) is 8.02. The zero-order chi connectivity index (χ0) is 21.3. The minimum Gasteiger partial charge on any atom is -0.398 e. The molecule has 2 N–H and O–H groups in total. The summed E-state index contributed by atoms with van der Waals surface area (Å²) in [5, 5.41) is 9.96. The van der Waals surface area contributed by atoms with Crippen molar-refractivity contribution in [3.8, 4) is 6.07 Å². The predicted octanol–water partition coefficient (Wildman–Crippen LogP) is 4.52. The Balaban J connectivity index is 2.20. The number of rotatable bonds is 5. The van der Waals surface area contributed by atoms with Crippen LogP contribution in [-0.2, 0) is 24.7 Å². The second-order valence-corrected chi connectivity index (χ2v) is 8.79. The van der Waals surface area contributed by atoms with Crippen LogP contribution in [0.3, 0.4) is 0 Å². The third-order valence-electron chi connectivity index (χ3n) is 6.47. The molecule has 0 radical (unpaired) electrons. The number of benzene rings is 1. The van der Waals surface area contributed by atoms with Gasteiger partial charge in [-0.25, -0.2) is 9.97 Å². The first-order chi connectivity index (χ1) is 13.8. The molecule has 0 aliphatic heterocycles. The van der Waals surface area contributed by atoms with E-state index in [-0.39, 0.29) is 5.41 Å². The summed E-state index contributed by atoms with van der Waals surface area (Å²) >= 11 is 0. The van der Waals surface area contributed by atoms with Gasteiger partial charge in [-0.2, -0.15) is 5.26 Å². The predicted molar refractivity (Wildman–Crippen MR) is 119 cm³/mol. The minimum atomic E-state index is -0.171. The van der Waals surface area contributed by atoms with Crippen LogP contribution in [0.1, 0.15) is 80.2 Å². The summed E-state index contributed by atoms with van der Waals surface area (Å²) in [6.45, 7) is 8.80. The highest BCUT2D eigenvalue weighted by Crippen LogP contribution is 2.45. The topological polar surface area (TPSA) is 78.8 Å². The summed E-state index contributed by atoms with van der Waals surface area (Å²) in [5.41, 5.74) is 12.1. The van der Waals surface area contributed by atoms with Gasteiger partial charge in [0.1, 0.15) is 17.7 Å². The van der Waals surface area contributed by atoms with E-state index in [9.17, 15) is 5.26 Å². The van der Waals surface area contributed by atoms with Crippen LogP contribution in [0.2, 0.25) is 0 Å². The quantitative estimate of drug-likeness (QED) is 0.758. The first-order valence-electron chi connectivity index (χ1n) is 10.6. The summed E-state index contributed by atoms with van der Waals surface area (Å²) < 4.78 is 0. The normalized spacial score (nSPS) is 19.3. The molecule has 2 unspecified atom stereocenters. The molecular formula is C24H33N5. The molecule has 0 saturated heterocycles. The van der Waals surface area contributed by atoms with Crippen molar-refractivity contribution in [3.63, 3.8) is 0 Å². The Morgan fingerprint density at radius 2 is 2.00 bits per heavy atom. The Morgan fingerprint density at radius 3 is 2.59 bits per heavy atom. The van der Waals surface area contributed by atoms with Crippen molar-refractivity contribution >= 4 is 11.5 Å². The third kappa shape index (κ3) is 3.69. The summed E-state index contributed by atoms with van der Waals surface area (Å²) in [5.74, 6) is 2.29. The van der Waals surface area contributed by atoms with Gasteiger partial charge in [0.2, 0.25) is 0 Å². The van der Waals surface area contributed by atoms with Crippen molar-refractivity contribution < 1.29 is 0 Å². The lowest BCUT2D eigenvalue weighted by Gasteiger charge is -2.39. The van der Waals surface area contributed by atoms with Crippen LogP contribution in [0.15, 0.2) is 12.1 Å². The number of hydrogen-bond acceptors (Lipinski definition) is 5. The lowest BCUT2D eigenvalue weighted by molar-refractivity contribution is 0.394. The zero-order valence-corrected chi connectivity index (χ0v) is 18.6. The van der Waals surface area contributed by atoms with Gasteiger partial charge >= 0.3 is 0 Å². The van der Waals surface area contributed by atoms with Gasteiger partial charge in [0.05, 0.1) is 11.3 Å². The molecule has 154 valence electrons. The van der Waals surface area contributed by atoms with Gasteiger partial charge in [-0.3, -0.25) is 0 Å². The number of nitrogens with two attached hydrogens (primary N) is 1. The Hall–Kier alpha value is -2.61. The molecule has 5 nitrogen and oxygen atoms in total. The van der Waals surface area contributed by atoms with E-state index in [1.807, 2.05) is 20.2 Å². The monoisotopic (exact) mass is 391 g/mol.